The van der Waals surface area contributed by atoms with Gasteiger partial charge in [-0.05, 0) is 67.3 Å². The molecule has 0 bridgehead atoms. The van der Waals surface area contributed by atoms with Crippen molar-refractivity contribution in [3.05, 3.63) is 95.3 Å². The Hall–Kier alpha value is -2.96. The molecule has 0 unspecified atom stereocenters. The molecular formula is C24H21ClN2O3S. The van der Waals surface area contributed by atoms with Gasteiger partial charge < -0.3 is 4.98 Å². The number of hydrogen-bond donors (Lipinski definition) is 1. The molecule has 0 atom stereocenters. The third kappa shape index (κ3) is 4.55. The molecule has 2 heterocycles. The van der Waals surface area contributed by atoms with Gasteiger partial charge >= 0.3 is 5.69 Å². The smallest absolute Gasteiger partial charge is 0.306 e. The van der Waals surface area contributed by atoms with Crippen LogP contribution in [0.2, 0.25) is 4.34 Å². The molecule has 5 nitrogen and oxygen atoms in total. The number of nitrogens with one attached hydrogen (secondary N) is 1. The minimum Gasteiger partial charge on any atom is -0.306 e. The van der Waals surface area contributed by atoms with E-state index in [1.807, 2.05) is 38.1 Å². The number of aromatic nitrogens is 2. The summed E-state index contributed by atoms with van der Waals surface area (Å²) >= 11 is 7.42. The molecule has 31 heavy (non-hydrogen) atoms. The monoisotopic (exact) mass is 452 g/mol. The van der Waals surface area contributed by atoms with E-state index in [9.17, 15) is 14.4 Å². The van der Waals surface area contributed by atoms with Crippen molar-refractivity contribution >= 4 is 39.6 Å². The van der Waals surface area contributed by atoms with Crippen LogP contribution in [-0.4, -0.2) is 15.3 Å². The van der Waals surface area contributed by atoms with Crippen LogP contribution in [0.5, 0.6) is 0 Å². The first-order chi connectivity index (χ1) is 14.8. The van der Waals surface area contributed by atoms with Crippen LogP contribution in [-0.2, 0) is 17.6 Å². The van der Waals surface area contributed by atoms with Gasteiger partial charge in [0.25, 0.3) is 5.56 Å². The molecule has 4 rings (SSSR count). The third-order valence-electron chi connectivity index (χ3n) is 5.24. The molecule has 0 aliphatic heterocycles. The van der Waals surface area contributed by atoms with Crippen molar-refractivity contribution in [1.82, 2.24) is 9.55 Å². The number of rotatable bonds is 6. The molecule has 0 aliphatic rings. The number of fused-ring (bicyclic) bond motifs is 1. The van der Waals surface area contributed by atoms with Crippen LogP contribution in [0.25, 0.3) is 16.6 Å². The average molecular weight is 453 g/mol. The van der Waals surface area contributed by atoms with Gasteiger partial charge in [-0.25, -0.2) is 9.36 Å². The van der Waals surface area contributed by atoms with Crippen LogP contribution in [0, 0.1) is 13.8 Å². The van der Waals surface area contributed by atoms with Crippen molar-refractivity contribution in [3.8, 4) is 5.69 Å². The minimum atomic E-state index is -0.482. The highest BCUT2D eigenvalue weighted by Gasteiger charge is 2.13. The molecule has 4 aromatic rings. The van der Waals surface area contributed by atoms with E-state index in [0.717, 1.165) is 30.5 Å². The van der Waals surface area contributed by atoms with Gasteiger partial charge in [-0.3, -0.25) is 9.59 Å². The first-order valence-corrected chi connectivity index (χ1v) is 11.1. The maximum Gasteiger partial charge on any atom is 0.333 e. The van der Waals surface area contributed by atoms with Gasteiger partial charge in [-0.1, -0.05) is 29.8 Å². The molecule has 0 saturated heterocycles. The molecule has 158 valence electrons. The van der Waals surface area contributed by atoms with Crippen LogP contribution >= 0.6 is 22.9 Å². The second kappa shape index (κ2) is 8.65. The number of carbonyl (C=O) groups excluding carboxylic acids is 1. The topological polar surface area (TPSA) is 71.9 Å². The average Bonchev–Trinajstić information content (AvgIpc) is 3.13. The maximum absolute atomic E-state index is 13.0. The fourth-order valence-corrected chi connectivity index (χ4v) is 4.78. The number of carbonyl (C=O) groups is 1. The minimum absolute atomic E-state index is 0.132. The summed E-state index contributed by atoms with van der Waals surface area (Å²) < 4.78 is 1.88. The fraction of sp³-hybridized carbons (Fsp3) is 0.208. The zero-order valence-electron chi connectivity index (χ0n) is 17.2. The standard InChI is InChI=1S/C24H21ClN2O3S/c1-14-3-8-19-20(11-14)26-24(30)27(23(19)29)21-9-4-16(12-15(21)2)13-17(28)5-6-18-7-10-22(25)31-18/h3-4,7-12H,5-6,13H2,1-2H3,(H,26,30). The molecule has 0 radical (unpaired) electrons. The molecule has 0 aliphatic carbocycles. The highest BCUT2D eigenvalue weighted by molar-refractivity contribution is 7.16. The number of nitrogens with zero attached hydrogens (tertiary/aromatic N) is 1. The Morgan fingerprint density at radius 1 is 1.06 bits per heavy atom. The van der Waals surface area contributed by atoms with Crippen molar-refractivity contribution in [2.45, 2.75) is 33.1 Å². The Kier molecular flexibility index (Phi) is 5.94. The van der Waals surface area contributed by atoms with Gasteiger partial charge in [-0.2, -0.15) is 0 Å². The molecule has 2 aromatic carbocycles. The van der Waals surface area contributed by atoms with Crippen LogP contribution in [0.4, 0.5) is 0 Å². The number of aromatic amines is 1. The Morgan fingerprint density at radius 2 is 1.87 bits per heavy atom. The number of ketones is 1. The van der Waals surface area contributed by atoms with Gasteiger partial charge in [0.05, 0.1) is 20.9 Å². The van der Waals surface area contributed by atoms with Crippen LogP contribution in [0.15, 0.2) is 58.1 Å². The Labute approximate surface area is 187 Å². The van der Waals surface area contributed by atoms with Gasteiger partial charge in [0, 0.05) is 17.7 Å². The van der Waals surface area contributed by atoms with Crippen LogP contribution < -0.4 is 11.2 Å². The number of hydrogen-bond acceptors (Lipinski definition) is 4. The maximum atomic E-state index is 13.0. The van der Waals surface area contributed by atoms with E-state index in [4.69, 9.17) is 11.6 Å². The predicted molar refractivity (Wildman–Crippen MR) is 126 cm³/mol. The van der Waals surface area contributed by atoms with E-state index in [1.165, 1.54) is 11.3 Å². The number of halogens is 1. The zero-order valence-corrected chi connectivity index (χ0v) is 18.8. The van der Waals surface area contributed by atoms with Gasteiger partial charge in [0.15, 0.2) is 0 Å². The van der Waals surface area contributed by atoms with E-state index in [-0.39, 0.29) is 11.3 Å². The molecule has 7 heteroatoms. The van der Waals surface area contributed by atoms with Crippen LogP contribution in [0.3, 0.4) is 0 Å². The molecule has 0 amide bonds. The van der Waals surface area contributed by atoms with E-state index in [2.05, 4.69) is 4.98 Å². The summed E-state index contributed by atoms with van der Waals surface area (Å²) in [5.74, 6) is 0.132. The highest BCUT2D eigenvalue weighted by atomic mass is 35.5. The Bertz CT molecular complexity index is 1410. The number of benzene rings is 2. The lowest BCUT2D eigenvalue weighted by atomic mass is 10.0. The van der Waals surface area contributed by atoms with E-state index in [0.29, 0.717) is 35.9 Å². The first kappa shape index (κ1) is 21.3. The number of aryl methyl sites for hydroxylation is 3. The van der Waals surface area contributed by atoms with Crippen molar-refractivity contribution in [2.24, 2.45) is 0 Å². The normalized spacial score (nSPS) is 11.2. The summed E-state index contributed by atoms with van der Waals surface area (Å²) in [6.07, 6.45) is 1.43. The molecule has 2 aromatic heterocycles. The van der Waals surface area contributed by atoms with Gasteiger partial charge in [0.1, 0.15) is 5.78 Å². The summed E-state index contributed by atoms with van der Waals surface area (Å²) in [6.45, 7) is 3.74. The van der Waals surface area contributed by atoms with Gasteiger partial charge in [0.2, 0.25) is 0 Å². The SMILES string of the molecule is Cc1ccc2c(=O)n(-c3ccc(CC(=O)CCc4ccc(Cl)s4)cc3C)c(=O)[nH]c2c1. The summed E-state index contributed by atoms with van der Waals surface area (Å²) in [6, 6.07) is 14.5. The zero-order chi connectivity index (χ0) is 22.1. The first-order valence-electron chi connectivity index (χ1n) is 9.93. The lowest BCUT2D eigenvalue weighted by Gasteiger charge is -2.11. The van der Waals surface area contributed by atoms with E-state index < -0.39 is 5.69 Å². The molecular weight excluding hydrogens is 432 g/mol. The summed E-state index contributed by atoms with van der Waals surface area (Å²) in [5, 5.41) is 0.456. The second-order valence-electron chi connectivity index (χ2n) is 7.66. The summed E-state index contributed by atoms with van der Waals surface area (Å²) in [4.78, 5) is 41.9. The van der Waals surface area contributed by atoms with Crippen molar-refractivity contribution in [3.63, 3.8) is 0 Å². The van der Waals surface area contributed by atoms with Crippen molar-refractivity contribution < 1.29 is 4.79 Å². The highest BCUT2D eigenvalue weighted by Crippen LogP contribution is 2.23. The van der Waals surface area contributed by atoms with Crippen LogP contribution in [0.1, 0.15) is 28.0 Å². The Balaban J connectivity index is 1.58. The largest absolute Gasteiger partial charge is 0.333 e. The third-order valence-corrected chi connectivity index (χ3v) is 6.53. The molecule has 0 spiro atoms. The van der Waals surface area contributed by atoms with Crippen molar-refractivity contribution in [1.29, 1.82) is 0 Å². The molecule has 0 fully saturated rings. The quantitative estimate of drug-likeness (QED) is 0.458. The number of thiophene rings is 1. The predicted octanol–water partition coefficient (Wildman–Crippen LogP) is 4.76. The summed E-state index contributed by atoms with van der Waals surface area (Å²) in [5.41, 5.74) is 2.78. The number of Topliss-reactive ketones (excluding diaryl/α,β-unsaturated/α-hetero) is 1. The fourth-order valence-electron chi connectivity index (χ4n) is 3.69. The lowest BCUT2D eigenvalue weighted by molar-refractivity contribution is -0.118. The van der Waals surface area contributed by atoms with Crippen molar-refractivity contribution in [2.75, 3.05) is 0 Å². The molecule has 0 saturated carbocycles. The molecule has 1 N–H and O–H groups in total. The summed E-state index contributed by atoms with van der Waals surface area (Å²) in [7, 11) is 0. The van der Waals surface area contributed by atoms with Gasteiger partial charge in [-0.15, -0.1) is 11.3 Å². The van der Waals surface area contributed by atoms with E-state index in [1.54, 1.807) is 24.3 Å². The van der Waals surface area contributed by atoms with E-state index >= 15 is 0 Å². The number of H-pyrrole nitrogens is 1. The second-order valence-corrected chi connectivity index (χ2v) is 9.46. The lowest BCUT2D eigenvalue weighted by Crippen LogP contribution is -2.34. The Morgan fingerprint density at radius 3 is 2.58 bits per heavy atom.